The topological polar surface area (TPSA) is 93.1 Å². The van der Waals surface area contributed by atoms with E-state index in [1.165, 1.54) is 45.5 Å². The Labute approximate surface area is 175 Å². The maximum Gasteiger partial charge on any atom is 0.280 e. The Morgan fingerprint density at radius 1 is 1.07 bits per heavy atom. The van der Waals surface area contributed by atoms with Gasteiger partial charge in [0.2, 0.25) is 0 Å². The Kier molecular flexibility index (Phi) is 5.51. The SMILES string of the molecule is Cc1c(C(=O)NNC(=O)c2cc3c(s2)CCCCCC3)sc2ncn(C)c(=O)c12. The van der Waals surface area contributed by atoms with Crippen LogP contribution in [0.4, 0.5) is 0 Å². The van der Waals surface area contributed by atoms with Crippen molar-refractivity contribution in [2.45, 2.75) is 45.4 Å². The summed E-state index contributed by atoms with van der Waals surface area (Å²) in [6.45, 7) is 1.72. The summed E-state index contributed by atoms with van der Waals surface area (Å²) in [7, 11) is 1.62. The first kappa shape index (κ1) is 19.8. The summed E-state index contributed by atoms with van der Waals surface area (Å²) in [4.78, 5) is 44.5. The molecule has 4 rings (SSSR count). The highest BCUT2D eigenvalue weighted by molar-refractivity contribution is 7.20. The number of amides is 2. The predicted octanol–water partition coefficient (Wildman–Crippen LogP) is 3.10. The second kappa shape index (κ2) is 8.08. The van der Waals surface area contributed by atoms with Gasteiger partial charge < -0.3 is 4.57 Å². The molecule has 2 N–H and O–H groups in total. The molecule has 3 heterocycles. The molecule has 0 bridgehead atoms. The average Bonchev–Trinajstić information content (AvgIpc) is 3.23. The van der Waals surface area contributed by atoms with Crippen molar-refractivity contribution in [1.29, 1.82) is 0 Å². The van der Waals surface area contributed by atoms with Crippen LogP contribution >= 0.6 is 22.7 Å². The Balaban J connectivity index is 1.49. The Morgan fingerprint density at radius 3 is 2.59 bits per heavy atom. The zero-order valence-corrected chi connectivity index (χ0v) is 18.0. The fourth-order valence-electron chi connectivity index (χ4n) is 3.61. The van der Waals surface area contributed by atoms with Gasteiger partial charge in [-0.25, -0.2) is 4.98 Å². The lowest BCUT2D eigenvalue weighted by atomic mass is 10.00. The van der Waals surface area contributed by atoms with E-state index < -0.39 is 5.91 Å². The number of carbonyl (C=O) groups is 2. The van der Waals surface area contributed by atoms with E-state index in [9.17, 15) is 14.4 Å². The maximum absolute atomic E-state index is 12.6. The third-order valence-electron chi connectivity index (χ3n) is 5.23. The number of carbonyl (C=O) groups excluding carboxylic acids is 2. The fraction of sp³-hybridized carbons (Fsp3) is 0.400. The van der Waals surface area contributed by atoms with Crippen LogP contribution in [0.3, 0.4) is 0 Å². The summed E-state index contributed by atoms with van der Waals surface area (Å²) in [6, 6.07) is 1.95. The van der Waals surface area contributed by atoms with E-state index in [4.69, 9.17) is 0 Å². The molecule has 1 aliphatic rings. The summed E-state index contributed by atoms with van der Waals surface area (Å²) in [6.07, 6.45) is 8.25. The monoisotopic (exact) mass is 430 g/mol. The molecule has 0 aliphatic heterocycles. The smallest absolute Gasteiger partial charge is 0.280 e. The van der Waals surface area contributed by atoms with Crippen molar-refractivity contribution < 1.29 is 9.59 Å². The summed E-state index contributed by atoms with van der Waals surface area (Å²) in [5.41, 5.74) is 6.63. The molecule has 0 aromatic carbocycles. The number of hydrogen-bond acceptors (Lipinski definition) is 6. The molecule has 0 fully saturated rings. The van der Waals surface area contributed by atoms with Crippen LogP contribution in [0.25, 0.3) is 10.2 Å². The molecule has 0 atom stereocenters. The minimum absolute atomic E-state index is 0.192. The minimum Gasteiger partial charge on any atom is -0.302 e. The minimum atomic E-state index is -0.448. The molecular formula is C20H22N4O3S2. The standard InChI is InChI=1S/C20H22N4O3S2/c1-11-15-19(21-10-24(2)20(15)27)29-16(11)18(26)23-22-17(25)14-9-12-7-5-3-4-6-8-13(12)28-14/h9-10H,3-8H2,1-2H3,(H,22,25)(H,23,26). The number of fused-ring (bicyclic) bond motifs is 2. The normalized spacial score (nSPS) is 14.1. The van der Waals surface area contributed by atoms with E-state index in [1.54, 1.807) is 14.0 Å². The van der Waals surface area contributed by atoms with Gasteiger partial charge in [-0.1, -0.05) is 12.8 Å². The van der Waals surface area contributed by atoms with Gasteiger partial charge in [0.15, 0.2) is 0 Å². The lowest BCUT2D eigenvalue weighted by molar-refractivity contribution is 0.0851. The number of rotatable bonds is 2. The average molecular weight is 431 g/mol. The van der Waals surface area contributed by atoms with E-state index in [0.29, 0.717) is 25.5 Å². The van der Waals surface area contributed by atoms with Crippen LogP contribution in [-0.2, 0) is 19.9 Å². The zero-order chi connectivity index (χ0) is 20.5. The van der Waals surface area contributed by atoms with E-state index in [2.05, 4.69) is 15.8 Å². The highest BCUT2D eigenvalue weighted by Crippen LogP contribution is 2.29. The number of nitrogens with one attached hydrogen (secondary N) is 2. The Bertz CT molecular complexity index is 1130. The lowest BCUT2D eigenvalue weighted by Crippen LogP contribution is -2.41. The van der Waals surface area contributed by atoms with Crippen molar-refractivity contribution in [3.8, 4) is 0 Å². The second-order valence-electron chi connectivity index (χ2n) is 7.28. The van der Waals surface area contributed by atoms with Crippen LogP contribution in [0.5, 0.6) is 0 Å². The van der Waals surface area contributed by atoms with Crippen molar-refractivity contribution in [3.63, 3.8) is 0 Å². The molecule has 9 heteroatoms. The third-order valence-corrected chi connectivity index (χ3v) is 7.66. The third kappa shape index (κ3) is 3.84. The summed E-state index contributed by atoms with van der Waals surface area (Å²) < 4.78 is 1.38. The van der Waals surface area contributed by atoms with Gasteiger partial charge in [-0.2, -0.15) is 0 Å². The molecule has 0 spiro atoms. The van der Waals surface area contributed by atoms with Gasteiger partial charge in [0, 0.05) is 11.9 Å². The molecular weight excluding hydrogens is 408 g/mol. The van der Waals surface area contributed by atoms with Crippen molar-refractivity contribution in [1.82, 2.24) is 20.4 Å². The molecule has 0 unspecified atom stereocenters. The molecule has 7 nitrogen and oxygen atoms in total. The first-order chi connectivity index (χ1) is 14.0. The van der Waals surface area contributed by atoms with Crippen LogP contribution in [-0.4, -0.2) is 21.4 Å². The molecule has 2 amide bonds. The van der Waals surface area contributed by atoms with Crippen LogP contribution in [0.2, 0.25) is 0 Å². The van der Waals surface area contributed by atoms with Gasteiger partial charge in [-0.05, 0) is 49.8 Å². The largest absolute Gasteiger partial charge is 0.302 e. The molecule has 0 saturated heterocycles. The molecule has 0 saturated carbocycles. The van der Waals surface area contributed by atoms with Crippen molar-refractivity contribution >= 4 is 44.7 Å². The summed E-state index contributed by atoms with van der Waals surface area (Å²) in [5, 5.41) is 0.439. The van der Waals surface area contributed by atoms with Crippen LogP contribution < -0.4 is 16.4 Å². The van der Waals surface area contributed by atoms with E-state index in [-0.39, 0.29) is 11.5 Å². The first-order valence-electron chi connectivity index (χ1n) is 9.62. The van der Waals surface area contributed by atoms with Crippen LogP contribution in [0.1, 0.15) is 61.0 Å². The molecule has 0 radical (unpaired) electrons. The van der Waals surface area contributed by atoms with Gasteiger partial charge in [-0.15, -0.1) is 22.7 Å². The van der Waals surface area contributed by atoms with Gasteiger partial charge in [-0.3, -0.25) is 25.2 Å². The zero-order valence-electron chi connectivity index (χ0n) is 16.3. The highest BCUT2D eigenvalue weighted by Gasteiger charge is 2.21. The van der Waals surface area contributed by atoms with Crippen LogP contribution in [0, 0.1) is 6.92 Å². The highest BCUT2D eigenvalue weighted by atomic mass is 32.1. The number of hydrazine groups is 1. The fourth-order valence-corrected chi connectivity index (χ4v) is 5.80. The van der Waals surface area contributed by atoms with Crippen molar-refractivity contribution in [2.24, 2.45) is 7.05 Å². The Morgan fingerprint density at radius 2 is 1.79 bits per heavy atom. The van der Waals surface area contributed by atoms with E-state index in [1.807, 2.05) is 6.07 Å². The summed E-state index contributed by atoms with van der Waals surface area (Å²) >= 11 is 2.65. The van der Waals surface area contributed by atoms with Gasteiger partial charge in [0.25, 0.3) is 17.4 Å². The van der Waals surface area contributed by atoms with Gasteiger partial charge in [0.1, 0.15) is 4.83 Å². The molecule has 3 aromatic rings. The quantitative estimate of drug-likeness (QED) is 0.611. The lowest BCUT2D eigenvalue weighted by Gasteiger charge is -2.07. The molecule has 3 aromatic heterocycles. The predicted molar refractivity (Wildman–Crippen MR) is 115 cm³/mol. The van der Waals surface area contributed by atoms with Gasteiger partial charge in [0.05, 0.1) is 21.5 Å². The Hall–Kier alpha value is -2.52. The molecule has 1 aliphatic carbocycles. The molecule has 152 valence electrons. The van der Waals surface area contributed by atoms with Crippen molar-refractivity contribution in [2.75, 3.05) is 0 Å². The molecule has 29 heavy (non-hydrogen) atoms. The first-order valence-corrected chi connectivity index (χ1v) is 11.3. The van der Waals surface area contributed by atoms with E-state index >= 15 is 0 Å². The summed E-state index contributed by atoms with van der Waals surface area (Å²) in [5.74, 6) is -0.765. The number of thiophene rings is 2. The number of aromatic nitrogens is 2. The second-order valence-corrected chi connectivity index (χ2v) is 9.41. The number of aryl methyl sites for hydroxylation is 4. The number of hydrogen-bond donors (Lipinski definition) is 2. The van der Waals surface area contributed by atoms with Crippen LogP contribution in [0.15, 0.2) is 17.2 Å². The maximum atomic E-state index is 12.6. The van der Waals surface area contributed by atoms with Crippen molar-refractivity contribution in [3.05, 3.63) is 48.5 Å². The number of nitrogens with zero attached hydrogens (tertiary/aromatic N) is 2. The van der Waals surface area contributed by atoms with Gasteiger partial charge >= 0.3 is 0 Å². The van der Waals surface area contributed by atoms with E-state index in [0.717, 1.165) is 37.0 Å².